The number of carbonyl (C=O) groups is 2. The summed E-state index contributed by atoms with van der Waals surface area (Å²) in [4.78, 5) is 28.4. The average Bonchev–Trinajstić information content (AvgIpc) is 2.98. The predicted molar refractivity (Wildman–Crippen MR) is 99.1 cm³/mol. The Morgan fingerprint density at radius 3 is 2.81 bits per heavy atom. The molecular weight excluding hydrogens is 352 g/mol. The summed E-state index contributed by atoms with van der Waals surface area (Å²) in [5.74, 6) is 0.682. The molecule has 0 radical (unpaired) electrons. The maximum atomic E-state index is 12.1. The van der Waals surface area contributed by atoms with Crippen LogP contribution in [-0.4, -0.2) is 43.3 Å². The van der Waals surface area contributed by atoms with E-state index in [2.05, 4.69) is 32.7 Å². The summed E-state index contributed by atoms with van der Waals surface area (Å²) in [6, 6.07) is 1.65. The molecule has 0 spiro atoms. The molecule has 2 heterocycles. The molecular formula is C17H24N6O2S. The molecule has 1 aliphatic rings. The molecule has 8 nitrogen and oxygen atoms in total. The standard InChI is InChI=1S/C17H24N6O2S/c1-10-6-4-5-7-13(10)19-16(25)20-14(24)9-26-17-22-21-15-18-11(2)8-12(3)23(15)17/h8,10,13H,4-7,9H2,1-3H3,(H2,19,20,24,25)/t10-,13-/m0/s1. The van der Waals surface area contributed by atoms with Crippen molar-refractivity contribution in [3.8, 4) is 0 Å². The summed E-state index contributed by atoms with van der Waals surface area (Å²) in [5.41, 5.74) is 1.81. The number of fused-ring (bicyclic) bond motifs is 1. The zero-order chi connectivity index (χ0) is 18.7. The highest BCUT2D eigenvalue weighted by Crippen LogP contribution is 2.23. The highest BCUT2D eigenvalue weighted by molar-refractivity contribution is 7.99. The number of carbonyl (C=O) groups excluding carboxylic acids is 2. The van der Waals surface area contributed by atoms with Crippen LogP contribution in [0.25, 0.3) is 5.78 Å². The first-order valence-electron chi connectivity index (χ1n) is 8.86. The number of nitrogens with zero attached hydrogens (tertiary/aromatic N) is 4. The molecule has 0 bridgehead atoms. The molecule has 3 amide bonds. The van der Waals surface area contributed by atoms with E-state index in [1.165, 1.54) is 18.2 Å². The van der Waals surface area contributed by atoms with Crippen molar-refractivity contribution in [2.75, 3.05) is 5.75 Å². The molecule has 2 aromatic heterocycles. The molecule has 1 saturated carbocycles. The number of imide groups is 1. The van der Waals surface area contributed by atoms with Crippen molar-refractivity contribution in [1.29, 1.82) is 0 Å². The van der Waals surface area contributed by atoms with Gasteiger partial charge in [-0.1, -0.05) is 31.5 Å². The van der Waals surface area contributed by atoms with Crippen LogP contribution in [0, 0.1) is 19.8 Å². The van der Waals surface area contributed by atoms with Gasteiger partial charge in [-0.2, -0.15) is 0 Å². The van der Waals surface area contributed by atoms with Crippen molar-refractivity contribution < 1.29 is 9.59 Å². The fourth-order valence-corrected chi connectivity index (χ4v) is 4.11. The number of urea groups is 1. The Kier molecular flexibility index (Phi) is 5.75. The summed E-state index contributed by atoms with van der Waals surface area (Å²) in [6.07, 6.45) is 4.40. The first-order valence-corrected chi connectivity index (χ1v) is 9.85. The van der Waals surface area contributed by atoms with Crippen LogP contribution in [0.1, 0.15) is 44.0 Å². The minimum absolute atomic E-state index is 0.0851. The molecule has 0 aromatic carbocycles. The Morgan fingerprint density at radius 1 is 1.27 bits per heavy atom. The maximum Gasteiger partial charge on any atom is 0.321 e. The lowest BCUT2D eigenvalue weighted by Crippen LogP contribution is -2.48. The van der Waals surface area contributed by atoms with Crippen LogP contribution in [0.4, 0.5) is 4.79 Å². The van der Waals surface area contributed by atoms with Gasteiger partial charge in [0, 0.05) is 17.4 Å². The normalized spacial score (nSPS) is 20.1. The topological polar surface area (TPSA) is 101 Å². The van der Waals surface area contributed by atoms with E-state index >= 15 is 0 Å². The van der Waals surface area contributed by atoms with Gasteiger partial charge in [0.25, 0.3) is 5.78 Å². The monoisotopic (exact) mass is 376 g/mol. The van der Waals surface area contributed by atoms with Gasteiger partial charge in [-0.3, -0.25) is 14.5 Å². The molecule has 0 aliphatic heterocycles. The summed E-state index contributed by atoms with van der Waals surface area (Å²) >= 11 is 1.23. The van der Waals surface area contributed by atoms with Crippen LogP contribution < -0.4 is 10.6 Å². The highest BCUT2D eigenvalue weighted by atomic mass is 32.2. The van der Waals surface area contributed by atoms with Crippen molar-refractivity contribution >= 4 is 29.5 Å². The lowest BCUT2D eigenvalue weighted by Gasteiger charge is -2.29. The Balaban J connectivity index is 1.53. The minimum Gasteiger partial charge on any atom is -0.335 e. The van der Waals surface area contributed by atoms with E-state index in [-0.39, 0.29) is 17.7 Å². The minimum atomic E-state index is -0.422. The van der Waals surface area contributed by atoms with Gasteiger partial charge in [0.2, 0.25) is 5.91 Å². The van der Waals surface area contributed by atoms with Crippen molar-refractivity contribution in [3.63, 3.8) is 0 Å². The lowest BCUT2D eigenvalue weighted by atomic mass is 9.86. The van der Waals surface area contributed by atoms with E-state index in [1.54, 1.807) is 4.40 Å². The summed E-state index contributed by atoms with van der Waals surface area (Å²) in [6.45, 7) is 5.97. The lowest BCUT2D eigenvalue weighted by molar-refractivity contribution is -0.117. The Hall–Kier alpha value is -2.16. The Bertz CT molecular complexity index is 821. The van der Waals surface area contributed by atoms with Crippen molar-refractivity contribution in [1.82, 2.24) is 30.2 Å². The smallest absolute Gasteiger partial charge is 0.321 e. The number of nitrogens with one attached hydrogen (secondary N) is 2. The van der Waals surface area contributed by atoms with E-state index in [0.29, 0.717) is 16.9 Å². The van der Waals surface area contributed by atoms with Gasteiger partial charge < -0.3 is 5.32 Å². The second-order valence-electron chi connectivity index (χ2n) is 6.84. The number of thioether (sulfide) groups is 1. The van der Waals surface area contributed by atoms with Crippen LogP contribution in [0.15, 0.2) is 11.2 Å². The fourth-order valence-electron chi connectivity index (χ4n) is 3.32. The van der Waals surface area contributed by atoms with E-state index in [4.69, 9.17) is 0 Å². The van der Waals surface area contributed by atoms with Crippen molar-refractivity contribution in [2.24, 2.45) is 5.92 Å². The molecule has 1 fully saturated rings. The Labute approximate surface area is 156 Å². The number of hydrogen-bond donors (Lipinski definition) is 2. The molecule has 0 unspecified atom stereocenters. The molecule has 1 aliphatic carbocycles. The van der Waals surface area contributed by atoms with Gasteiger partial charge in [0.1, 0.15) is 0 Å². The third kappa shape index (κ3) is 4.32. The van der Waals surface area contributed by atoms with E-state index in [9.17, 15) is 9.59 Å². The Morgan fingerprint density at radius 2 is 2.04 bits per heavy atom. The number of aromatic nitrogens is 4. The molecule has 2 atom stereocenters. The number of amides is 3. The number of rotatable bonds is 4. The van der Waals surface area contributed by atoms with Gasteiger partial charge in [-0.15, -0.1) is 10.2 Å². The van der Waals surface area contributed by atoms with Gasteiger partial charge in [-0.05, 0) is 38.7 Å². The van der Waals surface area contributed by atoms with Gasteiger partial charge in [0.15, 0.2) is 5.16 Å². The SMILES string of the molecule is Cc1cc(C)n2c(SCC(=O)NC(=O)N[C@H]3CCCC[C@@H]3C)nnc2n1. The van der Waals surface area contributed by atoms with Crippen LogP contribution >= 0.6 is 11.8 Å². The third-order valence-corrected chi connectivity index (χ3v) is 5.61. The van der Waals surface area contributed by atoms with Crippen molar-refractivity contribution in [2.45, 2.75) is 57.7 Å². The maximum absolute atomic E-state index is 12.1. The quantitative estimate of drug-likeness (QED) is 0.794. The zero-order valence-corrected chi connectivity index (χ0v) is 16.1. The van der Waals surface area contributed by atoms with Gasteiger partial charge in [-0.25, -0.2) is 9.78 Å². The highest BCUT2D eigenvalue weighted by Gasteiger charge is 2.23. The molecule has 3 rings (SSSR count). The first-order chi connectivity index (χ1) is 12.4. The molecule has 9 heteroatoms. The zero-order valence-electron chi connectivity index (χ0n) is 15.3. The summed E-state index contributed by atoms with van der Waals surface area (Å²) in [5, 5.41) is 14.0. The van der Waals surface area contributed by atoms with Gasteiger partial charge >= 0.3 is 6.03 Å². The molecule has 2 N–H and O–H groups in total. The summed E-state index contributed by atoms with van der Waals surface area (Å²) in [7, 11) is 0. The predicted octanol–water partition coefficient (Wildman–Crippen LogP) is 2.24. The van der Waals surface area contributed by atoms with E-state index in [0.717, 1.165) is 30.7 Å². The number of aryl methyl sites for hydroxylation is 2. The van der Waals surface area contributed by atoms with Crippen LogP contribution in [-0.2, 0) is 4.79 Å². The fraction of sp³-hybridized carbons (Fsp3) is 0.588. The van der Waals surface area contributed by atoms with Gasteiger partial charge in [0.05, 0.1) is 5.75 Å². The van der Waals surface area contributed by atoms with Crippen LogP contribution in [0.2, 0.25) is 0 Å². The number of hydrogen-bond acceptors (Lipinski definition) is 6. The second kappa shape index (κ2) is 8.03. The molecule has 140 valence electrons. The largest absolute Gasteiger partial charge is 0.335 e. The molecule has 26 heavy (non-hydrogen) atoms. The van der Waals surface area contributed by atoms with E-state index < -0.39 is 6.03 Å². The van der Waals surface area contributed by atoms with Crippen molar-refractivity contribution in [3.05, 3.63) is 17.5 Å². The van der Waals surface area contributed by atoms with Crippen LogP contribution in [0.5, 0.6) is 0 Å². The molecule has 0 saturated heterocycles. The summed E-state index contributed by atoms with van der Waals surface area (Å²) < 4.78 is 1.80. The average molecular weight is 376 g/mol. The van der Waals surface area contributed by atoms with Crippen LogP contribution in [0.3, 0.4) is 0 Å². The molecule has 2 aromatic rings. The third-order valence-electron chi connectivity index (χ3n) is 4.68. The van der Waals surface area contributed by atoms with E-state index in [1.807, 2.05) is 19.9 Å². The second-order valence-corrected chi connectivity index (χ2v) is 7.78. The first kappa shape index (κ1) is 18.6.